The van der Waals surface area contributed by atoms with Crippen molar-refractivity contribution in [3.05, 3.63) is 11.4 Å². The molecule has 0 radical (unpaired) electrons. The summed E-state index contributed by atoms with van der Waals surface area (Å²) in [6.45, 7) is 9.82. The quantitative estimate of drug-likeness (QED) is 0.722. The van der Waals surface area contributed by atoms with Crippen LogP contribution in [0.3, 0.4) is 0 Å². The Bertz CT molecular complexity index is 342. The van der Waals surface area contributed by atoms with E-state index in [1.54, 1.807) is 0 Å². The second-order valence-electron chi connectivity index (χ2n) is 3.85. The van der Waals surface area contributed by atoms with Gasteiger partial charge in [-0.3, -0.25) is 9.59 Å². The molecule has 0 fully saturated rings. The van der Waals surface area contributed by atoms with E-state index in [-0.39, 0.29) is 26.3 Å². The van der Waals surface area contributed by atoms with Crippen LogP contribution in [-0.4, -0.2) is 28.2 Å². The summed E-state index contributed by atoms with van der Waals surface area (Å²) in [7, 11) is 0. The Morgan fingerprint density at radius 1 is 1.32 bits per heavy atom. The molecule has 0 saturated carbocycles. The summed E-state index contributed by atoms with van der Waals surface area (Å²) < 4.78 is 0. The zero-order valence-corrected chi connectivity index (χ0v) is 10.6. The summed E-state index contributed by atoms with van der Waals surface area (Å²) in [5, 5.41) is 24.5. The third kappa shape index (κ3) is 18.5. The van der Waals surface area contributed by atoms with Gasteiger partial charge in [-0.2, -0.15) is 5.26 Å². The third-order valence-corrected chi connectivity index (χ3v) is 2.11. The van der Waals surface area contributed by atoms with Crippen molar-refractivity contribution in [3.8, 4) is 6.07 Å². The summed E-state index contributed by atoms with van der Waals surface area (Å²) >= 11 is 0. The lowest BCUT2D eigenvalue weighted by molar-refractivity contribution is -0.142. The maximum atomic E-state index is 10.1. The second-order valence-corrected chi connectivity index (χ2v) is 3.85. The van der Waals surface area contributed by atoms with Gasteiger partial charge in [-0.05, 0) is 6.42 Å². The number of hydrogen-bond donors (Lipinski definition) is 2. The largest absolute Gasteiger partial charge is 0.481 e. The maximum Gasteiger partial charge on any atom is 0.306 e. The molecule has 0 aliphatic heterocycles. The number of carboxylic acid groups (broad SMARTS) is 2. The minimum atomic E-state index is -0.951. The van der Waals surface area contributed by atoms with Crippen LogP contribution in [0.25, 0.3) is 4.85 Å². The molecule has 2 atom stereocenters. The lowest BCUT2D eigenvalue weighted by atomic mass is 10.1. The van der Waals surface area contributed by atoms with Crippen LogP contribution >= 0.6 is 0 Å². The minimum Gasteiger partial charge on any atom is -0.481 e. The standard InChI is InChI=1S/C6H8N2.C6H10O4.CH4/c1-6(8-2)4-3-5-7;1-4(6(9)10)2-3-5(7)8;/h6H,3-4H2,1H3;4H,2-3H2,1H3,(H,7,8)(H,9,10);1H4. The van der Waals surface area contributed by atoms with E-state index in [0.29, 0.717) is 12.8 Å². The van der Waals surface area contributed by atoms with E-state index in [4.69, 9.17) is 22.0 Å². The average molecular weight is 270 g/mol. The number of aliphatic carboxylic acids is 2. The van der Waals surface area contributed by atoms with Crippen molar-refractivity contribution in [2.75, 3.05) is 0 Å². The number of carbonyl (C=O) groups is 2. The fourth-order valence-corrected chi connectivity index (χ4v) is 0.801. The Kier molecular flexibility index (Phi) is 16.3. The molecular weight excluding hydrogens is 248 g/mol. The van der Waals surface area contributed by atoms with Crippen LogP contribution in [0.5, 0.6) is 0 Å². The van der Waals surface area contributed by atoms with Gasteiger partial charge in [0.15, 0.2) is 0 Å². The Hall–Kier alpha value is -2.08. The summed E-state index contributed by atoms with van der Waals surface area (Å²) in [6.07, 6.45) is 1.34. The molecule has 6 heteroatoms. The van der Waals surface area contributed by atoms with Crippen LogP contribution < -0.4 is 0 Å². The number of carboxylic acids is 2. The first-order valence-corrected chi connectivity index (χ1v) is 5.53. The van der Waals surface area contributed by atoms with Gasteiger partial charge >= 0.3 is 11.9 Å². The van der Waals surface area contributed by atoms with Gasteiger partial charge in [-0.25, -0.2) is 6.57 Å². The van der Waals surface area contributed by atoms with E-state index in [1.807, 2.05) is 13.0 Å². The summed E-state index contributed by atoms with van der Waals surface area (Å²) in [6, 6.07) is 2.01. The lowest BCUT2D eigenvalue weighted by Crippen LogP contribution is -2.11. The molecule has 0 heterocycles. The molecule has 6 nitrogen and oxygen atoms in total. The smallest absolute Gasteiger partial charge is 0.306 e. The number of nitrogens with zero attached hydrogens (tertiary/aromatic N) is 2. The van der Waals surface area contributed by atoms with Crippen molar-refractivity contribution >= 4 is 11.9 Å². The van der Waals surface area contributed by atoms with E-state index in [0.717, 1.165) is 0 Å². The molecule has 0 aromatic carbocycles. The van der Waals surface area contributed by atoms with Gasteiger partial charge in [0.25, 0.3) is 0 Å². The lowest BCUT2D eigenvalue weighted by Gasteiger charge is -2.01. The first-order chi connectivity index (χ1) is 8.34. The van der Waals surface area contributed by atoms with Crippen LogP contribution in [0, 0.1) is 23.8 Å². The Morgan fingerprint density at radius 2 is 1.84 bits per heavy atom. The first kappa shape index (κ1) is 22.1. The molecule has 0 rings (SSSR count). The molecular formula is C13H22N2O4. The van der Waals surface area contributed by atoms with Crippen molar-refractivity contribution in [3.63, 3.8) is 0 Å². The van der Waals surface area contributed by atoms with Crippen molar-refractivity contribution in [2.24, 2.45) is 5.92 Å². The molecule has 0 bridgehead atoms. The highest BCUT2D eigenvalue weighted by Crippen LogP contribution is 2.04. The fourth-order valence-electron chi connectivity index (χ4n) is 0.801. The zero-order chi connectivity index (χ0) is 14.6. The van der Waals surface area contributed by atoms with Gasteiger partial charge in [0.05, 0.1) is 12.0 Å². The molecule has 0 aromatic heterocycles. The summed E-state index contributed by atoms with van der Waals surface area (Å²) in [5.41, 5.74) is 0. The maximum absolute atomic E-state index is 10.1. The molecule has 0 aliphatic rings. The number of nitriles is 1. The fraction of sp³-hybridized carbons (Fsp3) is 0.692. The molecule has 19 heavy (non-hydrogen) atoms. The Labute approximate surface area is 114 Å². The third-order valence-electron chi connectivity index (χ3n) is 2.11. The monoisotopic (exact) mass is 270 g/mol. The van der Waals surface area contributed by atoms with E-state index in [2.05, 4.69) is 4.85 Å². The van der Waals surface area contributed by atoms with Crippen molar-refractivity contribution < 1.29 is 19.8 Å². The van der Waals surface area contributed by atoms with E-state index in [9.17, 15) is 9.59 Å². The van der Waals surface area contributed by atoms with Gasteiger partial charge in [0.1, 0.15) is 0 Å². The highest BCUT2D eigenvalue weighted by atomic mass is 16.4. The van der Waals surface area contributed by atoms with Crippen LogP contribution in [0.15, 0.2) is 0 Å². The second kappa shape index (κ2) is 14.0. The molecule has 0 amide bonds. The van der Waals surface area contributed by atoms with Gasteiger partial charge in [-0.1, -0.05) is 14.4 Å². The molecule has 2 unspecified atom stereocenters. The minimum absolute atomic E-state index is 0. The molecule has 0 aliphatic carbocycles. The summed E-state index contributed by atoms with van der Waals surface area (Å²) in [4.78, 5) is 23.3. The van der Waals surface area contributed by atoms with Crippen LogP contribution in [0.4, 0.5) is 0 Å². The van der Waals surface area contributed by atoms with Gasteiger partial charge in [-0.15, -0.1) is 0 Å². The topological polar surface area (TPSA) is 103 Å². The number of rotatable bonds is 6. The van der Waals surface area contributed by atoms with Crippen molar-refractivity contribution in [1.29, 1.82) is 5.26 Å². The SMILES string of the molecule is C.CC(CCC(=O)O)C(=O)O.[C-]#[N+]C(C)CCC#N. The molecule has 108 valence electrons. The van der Waals surface area contributed by atoms with Crippen LogP contribution in [-0.2, 0) is 9.59 Å². The molecule has 0 spiro atoms. The predicted octanol–water partition coefficient (Wildman–Crippen LogP) is 2.81. The molecule has 2 N–H and O–H groups in total. The van der Waals surface area contributed by atoms with E-state index < -0.39 is 17.9 Å². The zero-order valence-electron chi connectivity index (χ0n) is 10.6. The normalized spacial score (nSPS) is 11.4. The number of hydrogen-bond acceptors (Lipinski definition) is 3. The van der Waals surface area contributed by atoms with Gasteiger partial charge < -0.3 is 15.1 Å². The molecule has 0 saturated heterocycles. The Balaban J connectivity index is -0.000000262. The van der Waals surface area contributed by atoms with E-state index >= 15 is 0 Å². The van der Waals surface area contributed by atoms with Crippen molar-refractivity contribution in [2.45, 2.75) is 53.0 Å². The Morgan fingerprint density at radius 3 is 2.16 bits per heavy atom. The van der Waals surface area contributed by atoms with Gasteiger partial charge in [0.2, 0.25) is 6.04 Å². The van der Waals surface area contributed by atoms with Gasteiger partial charge in [0, 0.05) is 26.2 Å². The highest BCUT2D eigenvalue weighted by Gasteiger charge is 2.11. The van der Waals surface area contributed by atoms with E-state index in [1.165, 1.54) is 6.92 Å². The average Bonchev–Trinajstić information content (AvgIpc) is 2.33. The predicted molar refractivity (Wildman–Crippen MR) is 71.3 cm³/mol. The summed E-state index contributed by atoms with van der Waals surface area (Å²) in [5.74, 6) is -2.45. The van der Waals surface area contributed by atoms with Crippen molar-refractivity contribution in [1.82, 2.24) is 0 Å². The highest BCUT2D eigenvalue weighted by molar-refractivity contribution is 5.71. The first-order valence-electron chi connectivity index (χ1n) is 5.53. The van der Waals surface area contributed by atoms with Crippen LogP contribution in [0.2, 0.25) is 0 Å². The van der Waals surface area contributed by atoms with Crippen LogP contribution in [0.1, 0.15) is 47.0 Å². The molecule has 0 aromatic rings.